The number of amides is 2. The lowest BCUT2D eigenvalue weighted by Gasteiger charge is -2.51. The van der Waals surface area contributed by atoms with Crippen molar-refractivity contribution < 1.29 is 9.59 Å². The first-order valence-electron chi connectivity index (χ1n) is 8.84. The van der Waals surface area contributed by atoms with Crippen LogP contribution in [-0.2, 0) is 9.59 Å². The van der Waals surface area contributed by atoms with Gasteiger partial charge in [0, 0.05) is 10.6 Å². The molecule has 1 aromatic carbocycles. The molecule has 132 valence electrons. The molecular formula is C20H23ClN2O2. The van der Waals surface area contributed by atoms with Crippen molar-refractivity contribution in [3.63, 3.8) is 0 Å². The molecule has 3 aliphatic rings. The number of likely N-dealkylation sites (tertiary alicyclic amines) is 1. The Bertz CT molecular complexity index is 750. The van der Waals surface area contributed by atoms with Crippen LogP contribution in [0.5, 0.6) is 0 Å². The van der Waals surface area contributed by atoms with Crippen LogP contribution in [0.4, 0.5) is 0 Å². The second-order valence-corrected chi connectivity index (χ2v) is 8.84. The van der Waals surface area contributed by atoms with Gasteiger partial charge in [0.25, 0.3) is 0 Å². The number of halogens is 1. The summed E-state index contributed by atoms with van der Waals surface area (Å²) in [6.45, 7) is 5.85. The first-order chi connectivity index (χ1) is 11.8. The summed E-state index contributed by atoms with van der Waals surface area (Å²) >= 11 is 6.01. The SMILES string of the molecule is CC(C)(C)NC(=O)C(c1ccc(Cl)cc1)N1C(=O)[C@H]2[C@@H]1[C@@H]1C=C[C@H]2C1. The highest BCUT2D eigenvalue weighted by Gasteiger charge is 2.62. The van der Waals surface area contributed by atoms with Gasteiger partial charge < -0.3 is 10.2 Å². The van der Waals surface area contributed by atoms with Gasteiger partial charge in [-0.2, -0.15) is 0 Å². The molecule has 0 aromatic heterocycles. The largest absolute Gasteiger partial charge is 0.349 e. The number of hydrogen-bond donors (Lipinski definition) is 1. The molecule has 1 aliphatic heterocycles. The van der Waals surface area contributed by atoms with Gasteiger partial charge in [0.2, 0.25) is 11.8 Å². The van der Waals surface area contributed by atoms with Crippen LogP contribution in [-0.4, -0.2) is 28.3 Å². The van der Waals surface area contributed by atoms with Crippen LogP contribution in [0.1, 0.15) is 38.8 Å². The second kappa shape index (κ2) is 5.60. The van der Waals surface area contributed by atoms with E-state index in [2.05, 4.69) is 17.5 Å². The fraction of sp³-hybridized carbons (Fsp3) is 0.500. The molecule has 5 atom stereocenters. The molecule has 1 aromatic rings. The summed E-state index contributed by atoms with van der Waals surface area (Å²) in [5, 5.41) is 3.66. The zero-order chi connectivity index (χ0) is 17.9. The number of carbonyl (C=O) groups excluding carboxylic acids is 2. The molecule has 1 saturated heterocycles. The highest BCUT2D eigenvalue weighted by Crippen LogP contribution is 2.55. The Morgan fingerprint density at radius 2 is 1.84 bits per heavy atom. The Morgan fingerprint density at radius 1 is 1.20 bits per heavy atom. The summed E-state index contributed by atoms with van der Waals surface area (Å²) in [5.74, 6) is 0.770. The summed E-state index contributed by atoms with van der Waals surface area (Å²) in [6.07, 6.45) is 5.42. The zero-order valence-corrected chi connectivity index (χ0v) is 15.5. The summed E-state index contributed by atoms with van der Waals surface area (Å²) in [4.78, 5) is 27.7. The Kier molecular flexibility index (Phi) is 3.73. The number of fused-ring (bicyclic) bond motifs is 5. The van der Waals surface area contributed by atoms with Crippen molar-refractivity contribution in [2.24, 2.45) is 17.8 Å². The Balaban J connectivity index is 1.68. The number of nitrogens with one attached hydrogen (secondary N) is 1. The maximum Gasteiger partial charge on any atom is 0.247 e. The van der Waals surface area contributed by atoms with Crippen molar-refractivity contribution in [2.45, 2.75) is 44.8 Å². The topological polar surface area (TPSA) is 49.4 Å². The number of β-lactam (4-membered cyclic amide) rings is 1. The number of nitrogens with zero attached hydrogens (tertiary/aromatic N) is 1. The van der Waals surface area contributed by atoms with Crippen molar-refractivity contribution in [1.82, 2.24) is 10.2 Å². The molecule has 2 aliphatic carbocycles. The predicted molar refractivity (Wildman–Crippen MR) is 96.9 cm³/mol. The van der Waals surface area contributed by atoms with Crippen molar-refractivity contribution in [1.29, 1.82) is 0 Å². The van der Waals surface area contributed by atoms with E-state index in [1.54, 1.807) is 12.1 Å². The number of carbonyl (C=O) groups is 2. The number of allylic oxidation sites excluding steroid dienone is 1. The van der Waals surface area contributed by atoms with E-state index < -0.39 is 6.04 Å². The lowest BCUT2D eigenvalue weighted by molar-refractivity contribution is -0.166. The Morgan fingerprint density at radius 3 is 2.48 bits per heavy atom. The summed E-state index contributed by atoms with van der Waals surface area (Å²) in [5.41, 5.74) is 0.452. The van der Waals surface area contributed by atoms with Gasteiger partial charge in [-0.25, -0.2) is 0 Å². The predicted octanol–water partition coefficient (Wildman–Crippen LogP) is 3.33. The van der Waals surface area contributed by atoms with Crippen molar-refractivity contribution in [3.8, 4) is 0 Å². The minimum atomic E-state index is -0.599. The van der Waals surface area contributed by atoms with Gasteiger partial charge in [0.15, 0.2) is 0 Å². The molecule has 1 heterocycles. The van der Waals surface area contributed by atoms with E-state index in [-0.39, 0.29) is 29.3 Å². The van der Waals surface area contributed by atoms with Crippen molar-refractivity contribution in [2.75, 3.05) is 0 Å². The van der Waals surface area contributed by atoms with Crippen molar-refractivity contribution >= 4 is 23.4 Å². The molecule has 4 nitrogen and oxygen atoms in total. The Labute approximate surface area is 153 Å². The van der Waals surface area contributed by atoms with E-state index >= 15 is 0 Å². The van der Waals surface area contributed by atoms with Gasteiger partial charge in [0.1, 0.15) is 6.04 Å². The van der Waals surface area contributed by atoms with E-state index in [1.807, 2.05) is 37.8 Å². The van der Waals surface area contributed by atoms with Gasteiger partial charge in [0.05, 0.1) is 12.0 Å². The van der Waals surface area contributed by atoms with Crippen LogP contribution in [0, 0.1) is 17.8 Å². The van der Waals surface area contributed by atoms with E-state index in [4.69, 9.17) is 11.6 Å². The highest BCUT2D eigenvalue weighted by molar-refractivity contribution is 6.30. The average Bonchev–Trinajstić information content (AvgIpc) is 3.09. The normalized spacial score (nSPS) is 30.9. The maximum atomic E-state index is 13.1. The lowest BCUT2D eigenvalue weighted by atomic mass is 9.77. The van der Waals surface area contributed by atoms with Crippen LogP contribution in [0.15, 0.2) is 36.4 Å². The highest BCUT2D eigenvalue weighted by atomic mass is 35.5. The number of hydrogen-bond acceptors (Lipinski definition) is 2. The molecular weight excluding hydrogens is 336 g/mol. The smallest absolute Gasteiger partial charge is 0.247 e. The molecule has 1 saturated carbocycles. The first-order valence-corrected chi connectivity index (χ1v) is 9.22. The van der Waals surface area contributed by atoms with Crippen LogP contribution in [0.25, 0.3) is 0 Å². The van der Waals surface area contributed by atoms with Gasteiger partial charge in [-0.15, -0.1) is 0 Å². The second-order valence-electron chi connectivity index (χ2n) is 8.40. The fourth-order valence-electron chi connectivity index (χ4n) is 4.56. The molecule has 0 spiro atoms. The lowest BCUT2D eigenvalue weighted by Crippen LogP contribution is -2.65. The standard InChI is InChI=1S/C20H23ClN2O2/c1-20(2,3)22-18(24)17(11-6-8-14(21)9-7-11)23-16-13-5-4-12(10-13)15(16)19(23)25/h4-9,12-13,15-17H,10H2,1-3H3,(H,22,24)/t12-,13+,15+,16-,17?/m0/s1. The number of rotatable bonds is 3. The molecule has 5 heteroatoms. The molecule has 25 heavy (non-hydrogen) atoms. The van der Waals surface area contributed by atoms with Gasteiger partial charge >= 0.3 is 0 Å². The third kappa shape index (κ3) is 2.67. The van der Waals surface area contributed by atoms with E-state index in [9.17, 15) is 9.59 Å². The van der Waals surface area contributed by atoms with Crippen LogP contribution in [0.3, 0.4) is 0 Å². The third-order valence-corrected chi connectivity index (χ3v) is 5.74. The third-order valence-electron chi connectivity index (χ3n) is 5.49. The molecule has 4 rings (SSSR count). The monoisotopic (exact) mass is 358 g/mol. The molecule has 2 amide bonds. The van der Waals surface area contributed by atoms with Gasteiger partial charge in [-0.1, -0.05) is 35.9 Å². The minimum Gasteiger partial charge on any atom is -0.349 e. The maximum absolute atomic E-state index is 13.1. The minimum absolute atomic E-state index is 0.0623. The van der Waals surface area contributed by atoms with Gasteiger partial charge in [-0.3, -0.25) is 9.59 Å². The Hall–Kier alpha value is -1.81. The van der Waals surface area contributed by atoms with E-state index in [1.165, 1.54) is 0 Å². The quantitative estimate of drug-likeness (QED) is 0.665. The van der Waals surface area contributed by atoms with Crippen LogP contribution < -0.4 is 5.32 Å². The summed E-state index contributed by atoms with van der Waals surface area (Å²) in [7, 11) is 0. The molecule has 2 fully saturated rings. The van der Waals surface area contributed by atoms with Gasteiger partial charge in [-0.05, 0) is 56.7 Å². The van der Waals surface area contributed by atoms with Crippen LogP contribution >= 0.6 is 11.6 Å². The molecule has 2 bridgehead atoms. The van der Waals surface area contributed by atoms with E-state index in [0.717, 1.165) is 12.0 Å². The first kappa shape index (κ1) is 16.6. The van der Waals surface area contributed by atoms with Crippen molar-refractivity contribution in [3.05, 3.63) is 47.0 Å². The zero-order valence-electron chi connectivity index (χ0n) is 14.7. The molecule has 1 N–H and O–H groups in total. The summed E-state index contributed by atoms with van der Waals surface area (Å²) in [6, 6.07) is 6.79. The van der Waals surface area contributed by atoms with E-state index in [0.29, 0.717) is 16.9 Å². The summed E-state index contributed by atoms with van der Waals surface area (Å²) < 4.78 is 0. The van der Waals surface area contributed by atoms with Crippen LogP contribution in [0.2, 0.25) is 5.02 Å². The molecule has 1 unspecified atom stereocenters. The molecule has 0 radical (unpaired) electrons. The number of benzene rings is 1. The fourth-order valence-corrected chi connectivity index (χ4v) is 4.69. The average molecular weight is 359 g/mol.